The van der Waals surface area contributed by atoms with Crippen LogP contribution >= 0.6 is 0 Å². The molecule has 166 valence electrons. The number of benzene rings is 3. The van der Waals surface area contributed by atoms with Crippen LogP contribution in [-0.4, -0.2) is 12.6 Å². The van der Waals surface area contributed by atoms with E-state index < -0.39 is 0 Å². The molecular weight excluding hydrogens is 400 g/mol. The Balaban J connectivity index is 1.42. The van der Waals surface area contributed by atoms with Gasteiger partial charge in [-0.3, -0.25) is 4.79 Å². The van der Waals surface area contributed by atoms with Crippen molar-refractivity contribution in [3.8, 4) is 17.2 Å². The summed E-state index contributed by atoms with van der Waals surface area (Å²) in [6.07, 6.45) is 4.76. The fourth-order valence-electron chi connectivity index (χ4n) is 4.27. The van der Waals surface area contributed by atoms with Crippen molar-refractivity contribution >= 4 is 5.97 Å². The maximum Gasteiger partial charge on any atom is 0.306 e. The zero-order chi connectivity index (χ0) is 22.2. The Bertz CT molecular complexity index is 1030. The Morgan fingerprint density at radius 3 is 2.59 bits per heavy atom. The summed E-state index contributed by atoms with van der Waals surface area (Å²) in [5.74, 6) is 2.58. The first-order valence-electron chi connectivity index (χ1n) is 11.4. The Kier molecular flexibility index (Phi) is 7.44. The molecule has 0 bridgehead atoms. The third-order valence-corrected chi connectivity index (χ3v) is 5.80. The molecule has 3 aromatic rings. The van der Waals surface area contributed by atoms with Crippen molar-refractivity contribution in [2.75, 3.05) is 6.61 Å². The van der Waals surface area contributed by atoms with Gasteiger partial charge >= 0.3 is 5.97 Å². The number of rotatable bonds is 8. The molecule has 4 heteroatoms. The lowest BCUT2D eigenvalue weighted by atomic mass is 9.90. The van der Waals surface area contributed by atoms with Crippen LogP contribution in [0.25, 0.3) is 0 Å². The van der Waals surface area contributed by atoms with Crippen molar-refractivity contribution < 1.29 is 19.0 Å². The van der Waals surface area contributed by atoms with E-state index in [1.54, 1.807) is 0 Å². The number of esters is 1. The minimum Gasteiger partial charge on any atom is -0.489 e. The Hall–Kier alpha value is -3.27. The molecule has 0 saturated heterocycles. The molecule has 1 atom stereocenters. The first-order valence-corrected chi connectivity index (χ1v) is 11.4. The van der Waals surface area contributed by atoms with Gasteiger partial charge < -0.3 is 14.2 Å². The standard InChI is InChI=1S/C28H30O4/c1-2-30-28(29)19-23-11-7-6-10-22-18-25(15-16-27(22)23)31-20-21-9-8-14-26(17-21)32-24-12-4-3-5-13-24/h3-5,8-9,12-18,23H,2,6-7,10-11,19-20H2,1H3. The Morgan fingerprint density at radius 2 is 1.75 bits per heavy atom. The van der Waals surface area contributed by atoms with Crippen LogP contribution in [0, 0.1) is 0 Å². The summed E-state index contributed by atoms with van der Waals surface area (Å²) in [5, 5.41) is 0. The molecule has 32 heavy (non-hydrogen) atoms. The lowest BCUT2D eigenvalue weighted by molar-refractivity contribution is -0.143. The topological polar surface area (TPSA) is 44.8 Å². The van der Waals surface area contributed by atoms with Gasteiger partial charge in [-0.05, 0) is 85.2 Å². The van der Waals surface area contributed by atoms with Crippen molar-refractivity contribution in [3.05, 3.63) is 89.5 Å². The van der Waals surface area contributed by atoms with E-state index >= 15 is 0 Å². The minimum absolute atomic E-state index is 0.108. The highest BCUT2D eigenvalue weighted by Gasteiger charge is 2.22. The van der Waals surface area contributed by atoms with Gasteiger partial charge in [0, 0.05) is 0 Å². The number of carbonyl (C=O) groups is 1. The molecular formula is C28H30O4. The molecule has 0 heterocycles. The van der Waals surface area contributed by atoms with Crippen LogP contribution in [0.15, 0.2) is 72.8 Å². The SMILES string of the molecule is CCOC(=O)CC1CCCCc2cc(OCc3cccc(Oc4ccccc4)c3)ccc21. The van der Waals surface area contributed by atoms with Gasteiger partial charge in [0.05, 0.1) is 13.0 Å². The van der Waals surface area contributed by atoms with Crippen LogP contribution in [0.3, 0.4) is 0 Å². The maximum absolute atomic E-state index is 12.0. The number of para-hydroxylation sites is 1. The number of carbonyl (C=O) groups excluding carboxylic acids is 1. The van der Waals surface area contributed by atoms with Gasteiger partial charge in [0.15, 0.2) is 0 Å². The summed E-state index contributed by atoms with van der Waals surface area (Å²) >= 11 is 0. The molecule has 0 spiro atoms. The lowest BCUT2D eigenvalue weighted by Crippen LogP contribution is -2.11. The fraction of sp³-hybridized carbons (Fsp3) is 0.321. The second kappa shape index (κ2) is 10.9. The number of hydrogen-bond acceptors (Lipinski definition) is 4. The van der Waals surface area contributed by atoms with Gasteiger partial charge in [-0.25, -0.2) is 0 Å². The molecule has 0 fully saturated rings. The van der Waals surface area contributed by atoms with E-state index in [2.05, 4.69) is 12.1 Å². The Labute approximate surface area is 190 Å². The number of ether oxygens (including phenoxy) is 3. The normalized spacial score (nSPS) is 15.3. The van der Waals surface area contributed by atoms with E-state index in [-0.39, 0.29) is 11.9 Å². The molecule has 4 nitrogen and oxygen atoms in total. The molecule has 0 aromatic heterocycles. The monoisotopic (exact) mass is 430 g/mol. The molecule has 0 radical (unpaired) electrons. The molecule has 0 saturated carbocycles. The predicted octanol–water partition coefficient (Wildman–Crippen LogP) is 6.82. The number of fused-ring (bicyclic) bond motifs is 1. The molecule has 0 aliphatic heterocycles. The average Bonchev–Trinajstić information content (AvgIpc) is 3.00. The molecule has 1 aliphatic carbocycles. The van der Waals surface area contributed by atoms with E-state index in [0.29, 0.717) is 19.6 Å². The second-order valence-corrected chi connectivity index (χ2v) is 8.16. The van der Waals surface area contributed by atoms with Gasteiger partial charge in [-0.1, -0.05) is 42.8 Å². The number of hydrogen-bond donors (Lipinski definition) is 0. The largest absolute Gasteiger partial charge is 0.489 e. The van der Waals surface area contributed by atoms with E-state index in [0.717, 1.165) is 48.5 Å². The van der Waals surface area contributed by atoms with Crippen LogP contribution in [-0.2, 0) is 22.6 Å². The smallest absolute Gasteiger partial charge is 0.306 e. The summed E-state index contributed by atoms with van der Waals surface area (Å²) in [5.41, 5.74) is 3.60. The van der Waals surface area contributed by atoms with E-state index in [1.165, 1.54) is 11.1 Å². The first-order chi connectivity index (χ1) is 15.7. The van der Waals surface area contributed by atoms with E-state index in [1.807, 2.05) is 67.6 Å². The summed E-state index contributed by atoms with van der Waals surface area (Å²) in [6.45, 7) is 2.76. The Morgan fingerprint density at radius 1 is 0.906 bits per heavy atom. The first kappa shape index (κ1) is 21.9. The van der Waals surface area contributed by atoms with Crippen molar-refractivity contribution in [2.24, 2.45) is 0 Å². The minimum atomic E-state index is -0.108. The van der Waals surface area contributed by atoms with Gasteiger partial charge in [0.25, 0.3) is 0 Å². The molecule has 1 unspecified atom stereocenters. The maximum atomic E-state index is 12.0. The van der Waals surface area contributed by atoms with Crippen LogP contribution < -0.4 is 9.47 Å². The highest BCUT2D eigenvalue weighted by molar-refractivity contribution is 5.70. The van der Waals surface area contributed by atoms with Crippen molar-refractivity contribution in [1.82, 2.24) is 0 Å². The number of aryl methyl sites for hydroxylation is 1. The average molecular weight is 431 g/mol. The molecule has 3 aromatic carbocycles. The van der Waals surface area contributed by atoms with Crippen LogP contribution in [0.2, 0.25) is 0 Å². The van der Waals surface area contributed by atoms with Crippen LogP contribution in [0.4, 0.5) is 0 Å². The highest BCUT2D eigenvalue weighted by Crippen LogP contribution is 2.35. The van der Waals surface area contributed by atoms with Crippen molar-refractivity contribution in [3.63, 3.8) is 0 Å². The van der Waals surface area contributed by atoms with Crippen LogP contribution in [0.1, 0.15) is 55.2 Å². The summed E-state index contributed by atoms with van der Waals surface area (Å²) in [4.78, 5) is 12.0. The summed E-state index contributed by atoms with van der Waals surface area (Å²) in [7, 11) is 0. The highest BCUT2D eigenvalue weighted by atomic mass is 16.5. The van der Waals surface area contributed by atoms with Gasteiger partial charge in [-0.15, -0.1) is 0 Å². The third kappa shape index (κ3) is 5.91. The molecule has 0 amide bonds. The quantitative estimate of drug-likeness (QED) is 0.290. The zero-order valence-corrected chi connectivity index (χ0v) is 18.6. The van der Waals surface area contributed by atoms with Crippen molar-refractivity contribution in [1.29, 1.82) is 0 Å². The van der Waals surface area contributed by atoms with E-state index in [4.69, 9.17) is 14.2 Å². The fourth-order valence-corrected chi connectivity index (χ4v) is 4.27. The predicted molar refractivity (Wildman–Crippen MR) is 125 cm³/mol. The summed E-state index contributed by atoms with van der Waals surface area (Å²) < 4.78 is 17.2. The van der Waals surface area contributed by atoms with Gasteiger partial charge in [-0.2, -0.15) is 0 Å². The molecule has 1 aliphatic rings. The molecule has 0 N–H and O–H groups in total. The third-order valence-electron chi connectivity index (χ3n) is 5.80. The van der Waals surface area contributed by atoms with Gasteiger partial charge in [0.2, 0.25) is 0 Å². The van der Waals surface area contributed by atoms with Gasteiger partial charge in [0.1, 0.15) is 23.9 Å². The molecule has 4 rings (SSSR count). The second-order valence-electron chi connectivity index (χ2n) is 8.16. The van der Waals surface area contributed by atoms with Crippen molar-refractivity contribution in [2.45, 2.75) is 51.6 Å². The zero-order valence-electron chi connectivity index (χ0n) is 18.6. The lowest BCUT2D eigenvalue weighted by Gasteiger charge is -2.18. The van der Waals surface area contributed by atoms with Crippen LogP contribution in [0.5, 0.6) is 17.2 Å². The van der Waals surface area contributed by atoms with E-state index in [9.17, 15) is 4.79 Å². The summed E-state index contributed by atoms with van der Waals surface area (Å²) in [6, 6.07) is 24.0.